The molecule has 0 unspecified atom stereocenters. The summed E-state index contributed by atoms with van der Waals surface area (Å²) in [5, 5.41) is 2.40. The Hall–Kier alpha value is -1.70. The van der Waals surface area contributed by atoms with Crippen molar-refractivity contribution in [3.63, 3.8) is 0 Å². The molecule has 1 aromatic heterocycles. The van der Waals surface area contributed by atoms with Crippen molar-refractivity contribution in [3.05, 3.63) is 42.5 Å². The lowest BCUT2D eigenvalue weighted by molar-refractivity contribution is 0.157. The summed E-state index contributed by atoms with van der Waals surface area (Å²) in [7, 11) is 2.33. The number of hydrogen-bond acceptors (Lipinski definition) is 1. The fourth-order valence-corrected chi connectivity index (χ4v) is 2.60. The molecule has 1 nitrogen and oxygen atoms in total. The van der Waals surface area contributed by atoms with Gasteiger partial charge in [0, 0.05) is 10.8 Å². The lowest BCUT2D eigenvalue weighted by atomic mass is 9.53. The zero-order valence-electron chi connectivity index (χ0n) is 14.2. The minimum atomic E-state index is 0.237. The average Bonchev–Trinajstić information content (AvgIpc) is 2.83. The fraction of sp³-hybridized carbons (Fsp3) is 0.400. The molecule has 0 aliphatic carbocycles. The predicted molar refractivity (Wildman–Crippen MR) is 97.2 cm³/mol. The van der Waals surface area contributed by atoms with Crippen molar-refractivity contribution in [2.24, 2.45) is 10.8 Å². The van der Waals surface area contributed by atoms with Crippen LogP contribution < -0.4 is 5.46 Å². The van der Waals surface area contributed by atoms with Crippen LogP contribution in [0.15, 0.2) is 46.9 Å². The number of benzene rings is 2. The van der Waals surface area contributed by atoms with Gasteiger partial charge in [0.05, 0.1) is 0 Å². The van der Waals surface area contributed by atoms with E-state index in [-0.39, 0.29) is 10.8 Å². The van der Waals surface area contributed by atoms with Gasteiger partial charge >= 0.3 is 0 Å². The Balaban J connectivity index is 1.98. The molecule has 0 aliphatic heterocycles. The fourth-order valence-electron chi connectivity index (χ4n) is 2.60. The molecule has 0 N–H and O–H groups in total. The van der Waals surface area contributed by atoms with Crippen LogP contribution in [-0.4, -0.2) is 7.28 Å². The first-order valence-corrected chi connectivity index (χ1v) is 8.03. The van der Waals surface area contributed by atoms with E-state index in [0.717, 1.165) is 17.5 Å². The van der Waals surface area contributed by atoms with E-state index in [2.05, 4.69) is 72.2 Å². The van der Waals surface area contributed by atoms with Crippen LogP contribution >= 0.6 is 0 Å². The number of fused-ring (bicyclic) bond motifs is 3. The van der Waals surface area contributed by atoms with Gasteiger partial charge in [-0.05, 0) is 22.4 Å². The van der Waals surface area contributed by atoms with Crippen LogP contribution in [0.4, 0.5) is 0 Å². The summed E-state index contributed by atoms with van der Waals surface area (Å²) < 4.78 is 6.10. The van der Waals surface area contributed by atoms with Gasteiger partial charge in [-0.25, -0.2) is 0 Å². The highest BCUT2D eigenvalue weighted by Gasteiger charge is 2.32. The normalized spacial score (nSPS) is 13.0. The average molecular weight is 291 g/mol. The molecule has 0 atom stereocenters. The highest BCUT2D eigenvalue weighted by atomic mass is 16.3. The largest absolute Gasteiger partial charge is 0.457 e. The lowest BCUT2D eigenvalue weighted by Gasteiger charge is -2.39. The van der Waals surface area contributed by atoms with E-state index in [1.807, 2.05) is 12.1 Å². The molecule has 0 saturated heterocycles. The van der Waals surface area contributed by atoms with Gasteiger partial charge in [-0.2, -0.15) is 0 Å². The maximum Gasteiger partial charge on any atom is 0.157 e. The molecule has 1 radical (unpaired) electrons. The molecule has 0 aliphatic rings. The van der Waals surface area contributed by atoms with E-state index in [1.54, 1.807) is 0 Å². The standard InChI is InChI=1S/C20H24BO/c1-19(2,3)20(4,5)13-21-16-11-8-10-15-14-9-6-7-12-17(14)22-18(15)16/h6-12H,13H2,1-5H3. The Morgan fingerprint density at radius 3 is 2.27 bits per heavy atom. The van der Waals surface area contributed by atoms with Gasteiger partial charge in [0.25, 0.3) is 0 Å². The molecule has 0 amide bonds. The molecule has 2 aromatic carbocycles. The molecule has 0 spiro atoms. The summed E-state index contributed by atoms with van der Waals surface area (Å²) >= 11 is 0. The topological polar surface area (TPSA) is 13.1 Å². The van der Waals surface area contributed by atoms with Crippen LogP contribution in [0.5, 0.6) is 0 Å². The third kappa shape index (κ3) is 2.56. The minimum absolute atomic E-state index is 0.237. The Morgan fingerprint density at radius 1 is 0.864 bits per heavy atom. The van der Waals surface area contributed by atoms with E-state index in [9.17, 15) is 0 Å². The molecular weight excluding hydrogens is 267 g/mol. The Labute approximate surface area is 133 Å². The first kappa shape index (κ1) is 15.2. The number of para-hydroxylation sites is 2. The molecule has 3 aromatic rings. The van der Waals surface area contributed by atoms with Crippen LogP contribution in [0.2, 0.25) is 6.32 Å². The van der Waals surface area contributed by atoms with Gasteiger partial charge in [0.1, 0.15) is 11.2 Å². The highest BCUT2D eigenvalue weighted by molar-refractivity contribution is 6.57. The summed E-state index contributed by atoms with van der Waals surface area (Å²) in [5.41, 5.74) is 3.68. The minimum Gasteiger partial charge on any atom is -0.457 e. The van der Waals surface area contributed by atoms with Crippen molar-refractivity contribution >= 4 is 34.7 Å². The first-order chi connectivity index (χ1) is 10.3. The lowest BCUT2D eigenvalue weighted by Crippen LogP contribution is -2.33. The van der Waals surface area contributed by atoms with E-state index in [0.29, 0.717) is 0 Å². The maximum absolute atomic E-state index is 6.10. The molecular formula is C20H24BO. The van der Waals surface area contributed by atoms with Crippen molar-refractivity contribution < 1.29 is 4.42 Å². The first-order valence-electron chi connectivity index (χ1n) is 8.03. The summed E-state index contributed by atoms with van der Waals surface area (Å²) in [6.45, 7) is 11.6. The molecule has 3 rings (SSSR count). The molecule has 0 saturated carbocycles. The predicted octanol–water partition coefficient (Wildman–Crippen LogP) is 5.41. The molecule has 22 heavy (non-hydrogen) atoms. The summed E-state index contributed by atoms with van der Waals surface area (Å²) in [6.07, 6.45) is 1.03. The smallest absolute Gasteiger partial charge is 0.157 e. The SMILES string of the molecule is CC(C)(C)C(C)(C)C[B]c1cccc2c1oc1ccccc12. The van der Waals surface area contributed by atoms with Gasteiger partial charge < -0.3 is 4.42 Å². The zero-order valence-corrected chi connectivity index (χ0v) is 14.2. The van der Waals surface area contributed by atoms with Crippen molar-refractivity contribution in [2.75, 3.05) is 0 Å². The Kier molecular flexibility index (Phi) is 3.59. The summed E-state index contributed by atoms with van der Waals surface area (Å²) in [6, 6.07) is 14.7. The van der Waals surface area contributed by atoms with Crippen LogP contribution in [0, 0.1) is 10.8 Å². The summed E-state index contributed by atoms with van der Waals surface area (Å²) in [4.78, 5) is 0. The second-order valence-corrected chi connectivity index (χ2v) is 7.86. The third-order valence-electron chi connectivity index (χ3n) is 5.30. The van der Waals surface area contributed by atoms with Crippen LogP contribution in [-0.2, 0) is 0 Å². The van der Waals surface area contributed by atoms with Gasteiger partial charge in [0.2, 0.25) is 0 Å². The van der Waals surface area contributed by atoms with Gasteiger partial charge in [-0.15, -0.1) is 0 Å². The van der Waals surface area contributed by atoms with E-state index >= 15 is 0 Å². The Bertz CT molecular complexity index is 805. The van der Waals surface area contributed by atoms with Crippen molar-refractivity contribution in [3.8, 4) is 0 Å². The van der Waals surface area contributed by atoms with E-state index in [1.165, 1.54) is 16.2 Å². The third-order valence-corrected chi connectivity index (χ3v) is 5.30. The van der Waals surface area contributed by atoms with Crippen LogP contribution in [0.1, 0.15) is 34.6 Å². The van der Waals surface area contributed by atoms with E-state index in [4.69, 9.17) is 4.42 Å². The zero-order chi connectivity index (χ0) is 16.0. The van der Waals surface area contributed by atoms with Crippen molar-refractivity contribution in [2.45, 2.75) is 40.9 Å². The molecule has 1 heterocycles. The van der Waals surface area contributed by atoms with Gasteiger partial charge in [0.15, 0.2) is 7.28 Å². The Morgan fingerprint density at radius 2 is 1.55 bits per heavy atom. The maximum atomic E-state index is 6.10. The van der Waals surface area contributed by atoms with E-state index < -0.39 is 0 Å². The second-order valence-electron chi connectivity index (χ2n) is 7.86. The molecule has 113 valence electrons. The number of furan rings is 1. The van der Waals surface area contributed by atoms with Crippen molar-refractivity contribution in [1.29, 1.82) is 0 Å². The number of rotatable bonds is 3. The summed E-state index contributed by atoms with van der Waals surface area (Å²) in [5.74, 6) is 0. The van der Waals surface area contributed by atoms with Crippen molar-refractivity contribution in [1.82, 2.24) is 0 Å². The highest BCUT2D eigenvalue weighted by Crippen LogP contribution is 2.41. The monoisotopic (exact) mass is 291 g/mol. The van der Waals surface area contributed by atoms with Crippen LogP contribution in [0.3, 0.4) is 0 Å². The van der Waals surface area contributed by atoms with Crippen LogP contribution in [0.25, 0.3) is 21.9 Å². The molecule has 2 heteroatoms. The quantitative estimate of drug-likeness (QED) is 0.588. The molecule has 0 fully saturated rings. The van der Waals surface area contributed by atoms with Gasteiger partial charge in [-0.3, -0.25) is 0 Å². The number of hydrogen-bond donors (Lipinski definition) is 0. The van der Waals surface area contributed by atoms with Gasteiger partial charge in [-0.1, -0.05) is 77.3 Å². The second kappa shape index (κ2) is 5.19. The molecule has 0 bridgehead atoms.